The zero-order chi connectivity index (χ0) is 31.7. The molecule has 44 heavy (non-hydrogen) atoms. The first kappa shape index (κ1) is 31.9. The topological polar surface area (TPSA) is 132 Å². The van der Waals surface area contributed by atoms with Crippen LogP contribution in [0.2, 0.25) is 0 Å². The number of aryl methyl sites for hydroxylation is 4. The predicted octanol–water partition coefficient (Wildman–Crippen LogP) is 8.40. The molecule has 8 nitrogen and oxygen atoms in total. The first-order chi connectivity index (χ1) is 21.0. The Balaban J connectivity index is 1.93. The number of alkyl halides is 2. The minimum atomic E-state index is -0.869. The van der Waals surface area contributed by atoms with Gasteiger partial charge in [0.1, 0.15) is 0 Å². The number of aromatic amines is 2. The number of carboxylic acid groups (broad SMARTS) is 2. The van der Waals surface area contributed by atoms with Crippen molar-refractivity contribution in [1.82, 2.24) is 19.9 Å². The van der Waals surface area contributed by atoms with Crippen molar-refractivity contribution in [3.8, 4) is 0 Å². The second-order valence-corrected chi connectivity index (χ2v) is 12.9. The number of rotatable bonds is 10. The van der Waals surface area contributed by atoms with Crippen LogP contribution in [0.5, 0.6) is 0 Å². The van der Waals surface area contributed by atoms with Crippen molar-refractivity contribution in [1.29, 1.82) is 0 Å². The number of aliphatic carboxylic acids is 2. The third-order valence-corrected chi connectivity index (χ3v) is 9.46. The predicted molar refractivity (Wildman–Crippen MR) is 184 cm³/mol. The van der Waals surface area contributed by atoms with Gasteiger partial charge < -0.3 is 20.2 Å². The van der Waals surface area contributed by atoms with E-state index in [4.69, 9.17) is 9.97 Å². The van der Waals surface area contributed by atoms with Crippen LogP contribution in [0.3, 0.4) is 0 Å². The van der Waals surface area contributed by atoms with E-state index in [1.807, 2.05) is 26.0 Å². The van der Waals surface area contributed by atoms with E-state index in [9.17, 15) is 19.8 Å². The van der Waals surface area contributed by atoms with E-state index < -0.39 is 11.9 Å². The van der Waals surface area contributed by atoms with E-state index in [0.29, 0.717) is 18.5 Å². The lowest BCUT2D eigenvalue weighted by Gasteiger charge is -2.03. The summed E-state index contributed by atoms with van der Waals surface area (Å²) in [5, 5.41) is 20.6. The van der Waals surface area contributed by atoms with E-state index >= 15 is 0 Å². The molecule has 5 heterocycles. The lowest BCUT2D eigenvalue weighted by Crippen LogP contribution is -1.98. The summed E-state index contributed by atoms with van der Waals surface area (Å²) >= 11 is 7.25. The number of fused-ring (bicyclic) bond motifs is 8. The zero-order valence-corrected chi connectivity index (χ0v) is 28.5. The molecule has 3 aromatic rings. The Labute approximate surface area is 273 Å². The first-order valence-corrected chi connectivity index (χ1v) is 17.0. The van der Waals surface area contributed by atoms with Gasteiger partial charge in [-0.3, -0.25) is 9.59 Å². The molecule has 0 saturated heterocycles. The van der Waals surface area contributed by atoms with Gasteiger partial charge in [0.15, 0.2) is 0 Å². The Morgan fingerprint density at radius 1 is 0.614 bits per heavy atom. The van der Waals surface area contributed by atoms with Crippen LogP contribution in [0.4, 0.5) is 0 Å². The van der Waals surface area contributed by atoms with Crippen molar-refractivity contribution >= 4 is 88.2 Å². The summed E-state index contributed by atoms with van der Waals surface area (Å²) in [6, 6.07) is 8.18. The van der Waals surface area contributed by atoms with Gasteiger partial charge in [-0.15, -0.1) is 0 Å². The number of nitrogens with zero attached hydrogens (tertiary/aromatic N) is 2. The molecule has 0 fully saturated rings. The molecule has 0 amide bonds. The molecule has 8 bridgehead atoms. The lowest BCUT2D eigenvalue weighted by atomic mass is 10.00. The highest BCUT2D eigenvalue weighted by Crippen LogP contribution is 2.37. The number of allylic oxidation sites excluding steroid dienone is 4. The van der Waals surface area contributed by atoms with Crippen LogP contribution in [0.15, 0.2) is 24.3 Å². The van der Waals surface area contributed by atoms with Gasteiger partial charge in [-0.25, -0.2) is 9.97 Å². The van der Waals surface area contributed by atoms with Crippen LogP contribution in [-0.4, -0.2) is 52.7 Å². The molecule has 5 rings (SSSR count). The van der Waals surface area contributed by atoms with Crippen LogP contribution in [0, 0.1) is 13.8 Å². The fraction of sp³-hybridized carbons (Fsp3) is 0.353. The van der Waals surface area contributed by atoms with Crippen LogP contribution in [0.25, 0.3) is 44.4 Å². The fourth-order valence-corrected chi connectivity index (χ4v) is 6.94. The molecule has 0 aromatic carbocycles. The van der Waals surface area contributed by atoms with Crippen LogP contribution >= 0.6 is 31.9 Å². The van der Waals surface area contributed by atoms with Gasteiger partial charge in [-0.1, -0.05) is 31.9 Å². The number of hydrogen-bond donors (Lipinski definition) is 4. The molecule has 2 aliphatic heterocycles. The van der Waals surface area contributed by atoms with Crippen molar-refractivity contribution in [2.45, 2.75) is 66.2 Å². The molecular weight excluding hydrogens is 688 g/mol. The molecule has 0 aliphatic carbocycles. The number of nitrogens with one attached hydrogen (secondary N) is 2. The summed E-state index contributed by atoms with van der Waals surface area (Å²) in [6.45, 7) is 8.22. The Morgan fingerprint density at radius 2 is 1.02 bits per heavy atom. The number of hydrogen-bond acceptors (Lipinski definition) is 4. The van der Waals surface area contributed by atoms with Crippen LogP contribution in [-0.2, 0) is 22.4 Å². The standard InChI is InChI=1S/C34H36Br2N4O4/c1-17-21(5-7-33(41)42)31-16-32-22(6-8-34(43)44)18(2)27(40-32)14-30-24(10-12-36)20(4)28(39-30)15-29-23(9-11-35)19(3)26(37-29)13-25(17)38-31/h13-16,37,40H,5-12H2,1-4H3,(H,41,42)(H,43,44). The largest absolute Gasteiger partial charge is 0.481 e. The quantitative estimate of drug-likeness (QED) is 0.155. The fourth-order valence-electron chi connectivity index (χ4n) is 6.14. The van der Waals surface area contributed by atoms with E-state index in [0.717, 1.165) is 102 Å². The van der Waals surface area contributed by atoms with Crippen molar-refractivity contribution in [3.05, 3.63) is 69.3 Å². The van der Waals surface area contributed by atoms with Gasteiger partial charge in [0.2, 0.25) is 0 Å². The molecule has 0 atom stereocenters. The molecule has 0 radical (unpaired) electrons. The average Bonchev–Trinajstić information content (AvgIpc) is 3.62. The first-order valence-electron chi connectivity index (χ1n) is 14.7. The maximum Gasteiger partial charge on any atom is 0.303 e. The highest BCUT2D eigenvalue weighted by molar-refractivity contribution is 9.09. The molecule has 3 aromatic heterocycles. The summed E-state index contributed by atoms with van der Waals surface area (Å²) in [5.74, 6) is -1.74. The van der Waals surface area contributed by atoms with E-state index in [1.165, 1.54) is 5.56 Å². The van der Waals surface area contributed by atoms with Gasteiger partial charge in [0.25, 0.3) is 0 Å². The number of H-pyrrole nitrogens is 2. The SMILES string of the molecule is CC1=C(CCBr)c2cc3[nH]c(cc4nc(cc5[nH]c(cc1n2)c(CCBr)c5C)C(C)=C4CCC(=O)O)c(CCC(=O)O)c3C. The molecule has 0 spiro atoms. The van der Waals surface area contributed by atoms with Crippen molar-refractivity contribution < 1.29 is 19.8 Å². The maximum absolute atomic E-state index is 11.6. The molecule has 0 saturated carbocycles. The van der Waals surface area contributed by atoms with E-state index in [-0.39, 0.29) is 12.8 Å². The second-order valence-electron chi connectivity index (χ2n) is 11.3. The van der Waals surface area contributed by atoms with Crippen molar-refractivity contribution in [3.63, 3.8) is 0 Å². The van der Waals surface area contributed by atoms with Crippen molar-refractivity contribution in [2.24, 2.45) is 0 Å². The summed E-state index contributed by atoms with van der Waals surface area (Å²) in [4.78, 5) is 40.5. The van der Waals surface area contributed by atoms with Gasteiger partial charge in [0, 0.05) is 45.6 Å². The zero-order valence-electron chi connectivity index (χ0n) is 25.3. The number of halogens is 2. The Morgan fingerprint density at radius 3 is 1.52 bits per heavy atom. The maximum atomic E-state index is 11.6. The van der Waals surface area contributed by atoms with E-state index in [1.54, 1.807) is 0 Å². The third-order valence-electron chi connectivity index (χ3n) is 8.67. The summed E-state index contributed by atoms with van der Waals surface area (Å²) in [5.41, 5.74) is 15.2. The number of aromatic nitrogens is 4. The number of carbonyl (C=O) groups is 2. The summed E-state index contributed by atoms with van der Waals surface area (Å²) in [7, 11) is 0. The molecular formula is C34H36Br2N4O4. The van der Waals surface area contributed by atoms with Crippen LogP contribution in [0.1, 0.15) is 84.6 Å². The molecule has 10 heteroatoms. The van der Waals surface area contributed by atoms with Gasteiger partial charge in [-0.05, 0) is 122 Å². The Kier molecular flexibility index (Phi) is 9.60. The third kappa shape index (κ3) is 6.33. The average molecular weight is 724 g/mol. The van der Waals surface area contributed by atoms with Crippen LogP contribution < -0.4 is 0 Å². The minimum Gasteiger partial charge on any atom is -0.481 e. The highest BCUT2D eigenvalue weighted by Gasteiger charge is 2.21. The molecule has 230 valence electrons. The Hall–Kier alpha value is -3.50. The van der Waals surface area contributed by atoms with E-state index in [2.05, 4.69) is 67.8 Å². The molecule has 0 unspecified atom stereocenters. The second kappa shape index (κ2) is 13.2. The monoisotopic (exact) mass is 722 g/mol. The molecule has 2 aliphatic rings. The number of carboxylic acids is 2. The highest BCUT2D eigenvalue weighted by atomic mass is 79.9. The minimum absolute atomic E-state index is 0.00995. The van der Waals surface area contributed by atoms with Gasteiger partial charge >= 0.3 is 11.9 Å². The summed E-state index contributed by atoms with van der Waals surface area (Å²) in [6.07, 6.45) is 2.31. The van der Waals surface area contributed by atoms with Gasteiger partial charge in [0.05, 0.1) is 22.8 Å². The van der Waals surface area contributed by atoms with Gasteiger partial charge in [-0.2, -0.15) is 0 Å². The molecule has 4 N–H and O–H groups in total. The lowest BCUT2D eigenvalue weighted by molar-refractivity contribution is -0.137. The Bertz CT molecular complexity index is 1900. The normalized spacial score (nSPS) is 13.2. The van der Waals surface area contributed by atoms with Crippen molar-refractivity contribution in [2.75, 3.05) is 10.7 Å². The smallest absolute Gasteiger partial charge is 0.303 e. The summed E-state index contributed by atoms with van der Waals surface area (Å²) < 4.78 is 0.